The Balaban J connectivity index is 1.60. The Kier molecular flexibility index (Phi) is 5.82. The number of aromatic nitrogens is 1. The van der Waals surface area contributed by atoms with Gasteiger partial charge in [0.25, 0.3) is 0 Å². The predicted octanol–water partition coefficient (Wildman–Crippen LogP) is 3.17. The zero-order valence-electron chi connectivity index (χ0n) is 15.1. The molecule has 1 amide bonds. The molecule has 1 fully saturated rings. The topological polar surface area (TPSA) is 36.4 Å². The molecule has 132 valence electrons. The lowest BCUT2D eigenvalue weighted by atomic mass is 9.89. The summed E-state index contributed by atoms with van der Waals surface area (Å²) in [5, 5.41) is 0. The maximum atomic E-state index is 13.1. The normalized spacial score (nSPS) is 16.8. The lowest BCUT2D eigenvalue weighted by Crippen LogP contribution is -2.44. The van der Waals surface area contributed by atoms with Crippen molar-refractivity contribution in [2.45, 2.75) is 25.3 Å². The molecule has 1 aromatic carbocycles. The molecule has 0 N–H and O–H groups in total. The van der Waals surface area contributed by atoms with Crippen LogP contribution in [0.4, 0.5) is 0 Å². The van der Waals surface area contributed by atoms with Gasteiger partial charge in [-0.1, -0.05) is 36.4 Å². The molecule has 3 rings (SSSR count). The first kappa shape index (κ1) is 17.6. The third-order valence-electron chi connectivity index (χ3n) is 5.04. The van der Waals surface area contributed by atoms with Crippen LogP contribution < -0.4 is 0 Å². The van der Waals surface area contributed by atoms with Crippen LogP contribution in [0, 0.1) is 5.92 Å². The van der Waals surface area contributed by atoms with Gasteiger partial charge in [0.2, 0.25) is 5.91 Å². The van der Waals surface area contributed by atoms with E-state index in [9.17, 15) is 4.79 Å². The quantitative estimate of drug-likeness (QED) is 0.841. The maximum Gasteiger partial charge on any atom is 0.244 e. The first-order valence-corrected chi connectivity index (χ1v) is 9.04. The summed E-state index contributed by atoms with van der Waals surface area (Å²) < 4.78 is 0. The molecular formula is C21H27N3O. The van der Waals surface area contributed by atoms with E-state index in [0.29, 0.717) is 5.92 Å². The van der Waals surface area contributed by atoms with Crippen LogP contribution in [0.15, 0.2) is 54.9 Å². The Bertz CT molecular complexity index is 664. The second-order valence-electron chi connectivity index (χ2n) is 7.11. The molecule has 2 heterocycles. The van der Waals surface area contributed by atoms with Crippen molar-refractivity contribution >= 4 is 5.91 Å². The third kappa shape index (κ3) is 4.45. The smallest absolute Gasteiger partial charge is 0.244 e. The van der Waals surface area contributed by atoms with E-state index in [1.807, 2.05) is 36.0 Å². The summed E-state index contributed by atoms with van der Waals surface area (Å²) in [6.07, 6.45) is 6.81. The van der Waals surface area contributed by atoms with Gasteiger partial charge in [-0.3, -0.25) is 14.7 Å². The molecule has 1 saturated heterocycles. The van der Waals surface area contributed by atoms with E-state index >= 15 is 0 Å². The number of carbonyl (C=O) groups excluding carboxylic acids is 1. The molecule has 1 atom stereocenters. The summed E-state index contributed by atoms with van der Waals surface area (Å²) >= 11 is 0. The number of likely N-dealkylation sites (tertiary alicyclic amines) is 1. The highest BCUT2D eigenvalue weighted by atomic mass is 16.2. The number of amides is 1. The van der Waals surface area contributed by atoms with E-state index in [2.05, 4.69) is 35.3 Å². The molecule has 0 spiro atoms. The van der Waals surface area contributed by atoms with Gasteiger partial charge in [0.1, 0.15) is 6.04 Å². The summed E-state index contributed by atoms with van der Waals surface area (Å²) in [5.41, 5.74) is 2.36. The monoisotopic (exact) mass is 337 g/mol. The first-order valence-electron chi connectivity index (χ1n) is 9.04. The number of likely N-dealkylation sites (N-methyl/N-ethyl adjacent to an activating group) is 1. The van der Waals surface area contributed by atoms with Crippen molar-refractivity contribution in [2.24, 2.45) is 5.92 Å². The zero-order valence-corrected chi connectivity index (χ0v) is 15.1. The van der Waals surface area contributed by atoms with Crippen LogP contribution in [0.3, 0.4) is 0 Å². The maximum absolute atomic E-state index is 13.1. The number of benzene rings is 1. The molecule has 0 saturated carbocycles. The Hall–Kier alpha value is -2.20. The fraction of sp³-hybridized carbons (Fsp3) is 0.429. The van der Waals surface area contributed by atoms with E-state index in [-0.39, 0.29) is 11.9 Å². The molecule has 1 aliphatic rings. The van der Waals surface area contributed by atoms with Crippen molar-refractivity contribution in [1.82, 2.24) is 14.8 Å². The highest BCUT2D eigenvalue weighted by molar-refractivity contribution is 5.83. The highest BCUT2D eigenvalue weighted by Gasteiger charge is 2.30. The molecule has 1 aliphatic heterocycles. The van der Waals surface area contributed by atoms with Crippen molar-refractivity contribution in [3.05, 3.63) is 66.0 Å². The summed E-state index contributed by atoms with van der Waals surface area (Å²) in [4.78, 5) is 21.2. The van der Waals surface area contributed by atoms with Crippen LogP contribution in [-0.4, -0.2) is 47.9 Å². The molecule has 25 heavy (non-hydrogen) atoms. The van der Waals surface area contributed by atoms with E-state index < -0.39 is 0 Å². The number of nitrogens with zero attached hydrogens (tertiary/aromatic N) is 3. The Morgan fingerprint density at radius 2 is 1.88 bits per heavy atom. The third-order valence-corrected chi connectivity index (χ3v) is 5.04. The Labute approximate surface area is 150 Å². The van der Waals surface area contributed by atoms with E-state index in [1.165, 1.54) is 5.56 Å². The number of pyridine rings is 1. The van der Waals surface area contributed by atoms with Crippen molar-refractivity contribution in [3.8, 4) is 0 Å². The van der Waals surface area contributed by atoms with Gasteiger partial charge in [-0.25, -0.2) is 0 Å². The van der Waals surface area contributed by atoms with Gasteiger partial charge < -0.3 is 4.90 Å². The van der Waals surface area contributed by atoms with Gasteiger partial charge in [-0.15, -0.1) is 0 Å². The van der Waals surface area contributed by atoms with Crippen LogP contribution in [0.1, 0.15) is 30.0 Å². The minimum Gasteiger partial charge on any atom is -0.341 e. The summed E-state index contributed by atoms with van der Waals surface area (Å²) in [7, 11) is 3.91. The van der Waals surface area contributed by atoms with E-state index in [0.717, 1.165) is 37.9 Å². The number of rotatable bonds is 5. The molecule has 0 radical (unpaired) electrons. The van der Waals surface area contributed by atoms with Crippen molar-refractivity contribution < 1.29 is 4.79 Å². The van der Waals surface area contributed by atoms with Crippen molar-refractivity contribution in [3.63, 3.8) is 0 Å². The molecule has 4 nitrogen and oxygen atoms in total. The van der Waals surface area contributed by atoms with Crippen molar-refractivity contribution in [1.29, 1.82) is 0 Å². The second-order valence-corrected chi connectivity index (χ2v) is 7.11. The van der Waals surface area contributed by atoms with Gasteiger partial charge in [0, 0.05) is 25.5 Å². The van der Waals surface area contributed by atoms with Gasteiger partial charge in [-0.05, 0) is 56.5 Å². The molecule has 2 aromatic rings. The van der Waals surface area contributed by atoms with Gasteiger partial charge >= 0.3 is 0 Å². The van der Waals surface area contributed by atoms with Gasteiger partial charge in [0.15, 0.2) is 0 Å². The Morgan fingerprint density at radius 1 is 1.16 bits per heavy atom. The fourth-order valence-corrected chi connectivity index (χ4v) is 3.68. The van der Waals surface area contributed by atoms with E-state index in [1.54, 1.807) is 12.4 Å². The lowest BCUT2D eigenvalue weighted by Gasteiger charge is -2.36. The average Bonchev–Trinajstić information content (AvgIpc) is 2.64. The van der Waals surface area contributed by atoms with Crippen LogP contribution in [0.25, 0.3) is 0 Å². The lowest BCUT2D eigenvalue weighted by molar-refractivity contribution is -0.137. The highest BCUT2D eigenvalue weighted by Crippen LogP contribution is 2.26. The first-order chi connectivity index (χ1) is 12.1. The molecule has 4 heteroatoms. The minimum absolute atomic E-state index is 0.191. The standard InChI is InChI=1S/C21H27N3O/c1-23(2)20(19-9-6-12-22-16-19)21(25)24-13-10-18(11-14-24)15-17-7-4-3-5-8-17/h3-9,12,16,18,20H,10-11,13-15H2,1-2H3. The predicted molar refractivity (Wildman–Crippen MR) is 100 cm³/mol. The second kappa shape index (κ2) is 8.26. The van der Waals surface area contributed by atoms with Crippen LogP contribution in [0.5, 0.6) is 0 Å². The summed E-state index contributed by atoms with van der Waals surface area (Å²) in [6.45, 7) is 1.70. The summed E-state index contributed by atoms with van der Waals surface area (Å²) in [6, 6.07) is 14.3. The van der Waals surface area contributed by atoms with Crippen LogP contribution in [0.2, 0.25) is 0 Å². The van der Waals surface area contributed by atoms with Gasteiger partial charge in [-0.2, -0.15) is 0 Å². The minimum atomic E-state index is -0.251. The molecule has 0 aliphatic carbocycles. The SMILES string of the molecule is CN(C)C(C(=O)N1CCC(Cc2ccccc2)CC1)c1cccnc1. The van der Waals surface area contributed by atoms with Gasteiger partial charge in [0.05, 0.1) is 0 Å². The number of piperidine rings is 1. The number of carbonyl (C=O) groups is 1. The molecule has 1 unspecified atom stereocenters. The fourth-order valence-electron chi connectivity index (χ4n) is 3.68. The average molecular weight is 337 g/mol. The summed E-state index contributed by atoms with van der Waals surface area (Å²) in [5.74, 6) is 0.860. The van der Waals surface area contributed by atoms with E-state index in [4.69, 9.17) is 0 Å². The van der Waals surface area contributed by atoms with Crippen LogP contribution in [-0.2, 0) is 11.2 Å². The molecule has 1 aromatic heterocycles. The largest absolute Gasteiger partial charge is 0.341 e. The Morgan fingerprint density at radius 3 is 2.48 bits per heavy atom. The zero-order chi connectivity index (χ0) is 17.6. The van der Waals surface area contributed by atoms with Crippen LogP contribution >= 0.6 is 0 Å². The number of hydrogen-bond acceptors (Lipinski definition) is 3. The van der Waals surface area contributed by atoms with Crippen molar-refractivity contribution in [2.75, 3.05) is 27.2 Å². The number of hydrogen-bond donors (Lipinski definition) is 0. The molecular weight excluding hydrogens is 310 g/mol. The molecule has 0 bridgehead atoms.